The van der Waals surface area contributed by atoms with Crippen LogP contribution < -0.4 is 20.1 Å². The Morgan fingerprint density at radius 3 is 2.51 bits per heavy atom. The van der Waals surface area contributed by atoms with Crippen molar-refractivity contribution >= 4 is 34.7 Å². The highest BCUT2D eigenvalue weighted by Gasteiger charge is 2.14. The largest absolute Gasteiger partial charge is 0.493 e. The number of amides is 1. The fraction of sp³-hybridized carbons (Fsp3) is 0.103. The summed E-state index contributed by atoms with van der Waals surface area (Å²) in [6.45, 7) is 1.75. The molecule has 0 atom stereocenters. The second-order valence-corrected chi connectivity index (χ2v) is 8.70. The van der Waals surface area contributed by atoms with E-state index in [1.54, 1.807) is 57.7 Å². The second-order valence-electron chi connectivity index (χ2n) is 8.70. The van der Waals surface area contributed by atoms with E-state index in [1.165, 1.54) is 12.1 Å². The molecule has 0 radical (unpaired) electrons. The number of aromatic nitrogens is 3. The number of hydrogen-bond donors (Lipinski definition) is 3. The van der Waals surface area contributed by atoms with Gasteiger partial charge in [0.15, 0.2) is 23.0 Å². The van der Waals surface area contributed by atoms with E-state index in [-0.39, 0.29) is 11.5 Å². The quantitative estimate of drug-likeness (QED) is 0.246. The molecule has 0 saturated carbocycles. The zero-order valence-corrected chi connectivity index (χ0v) is 21.4. The summed E-state index contributed by atoms with van der Waals surface area (Å²) in [5.41, 5.74) is 4.49. The minimum atomic E-state index is -1.02. The first kappa shape index (κ1) is 25.3. The van der Waals surface area contributed by atoms with Crippen LogP contribution >= 0.6 is 0 Å². The molecule has 2 heterocycles. The van der Waals surface area contributed by atoms with E-state index in [1.807, 2.05) is 35.0 Å². The first-order valence-corrected chi connectivity index (χ1v) is 11.9. The average Bonchev–Trinajstić information content (AvgIpc) is 3.43. The fourth-order valence-corrected chi connectivity index (χ4v) is 4.16. The number of rotatable bonds is 8. The molecule has 1 amide bonds. The molecule has 39 heavy (non-hydrogen) atoms. The highest BCUT2D eigenvalue weighted by molar-refractivity contribution is 6.05. The predicted molar refractivity (Wildman–Crippen MR) is 147 cm³/mol. The molecule has 196 valence electrons. The van der Waals surface area contributed by atoms with Gasteiger partial charge in [0.25, 0.3) is 5.91 Å². The zero-order valence-electron chi connectivity index (χ0n) is 21.4. The van der Waals surface area contributed by atoms with Crippen molar-refractivity contribution in [2.45, 2.75) is 6.92 Å². The molecule has 0 unspecified atom stereocenters. The number of carbonyl (C=O) groups excluding carboxylic acids is 1. The van der Waals surface area contributed by atoms with Crippen LogP contribution in [0.3, 0.4) is 0 Å². The third-order valence-corrected chi connectivity index (χ3v) is 6.16. The van der Waals surface area contributed by atoms with Crippen LogP contribution in [-0.2, 0) is 0 Å². The molecule has 0 saturated heterocycles. The van der Waals surface area contributed by atoms with E-state index >= 15 is 0 Å². The molecule has 0 bridgehead atoms. The SMILES string of the molecule is COc1ccc(Nc2nc(-c3cccc(C(=O)Nc4ccc(C(=O)O)cc4C)c3)cn3ccnc23)cc1OC. The predicted octanol–water partition coefficient (Wildman–Crippen LogP) is 5.42. The second kappa shape index (κ2) is 10.5. The van der Waals surface area contributed by atoms with Crippen LogP contribution in [0.1, 0.15) is 26.3 Å². The van der Waals surface area contributed by atoms with Gasteiger partial charge < -0.3 is 29.6 Å². The number of carboxylic acids is 1. The van der Waals surface area contributed by atoms with Gasteiger partial charge in [-0.3, -0.25) is 4.79 Å². The molecule has 3 N–H and O–H groups in total. The van der Waals surface area contributed by atoms with Gasteiger partial charge in [0.05, 0.1) is 25.5 Å². The molecule has 2 aromatic heterocycles. The van der Waals surface area contributed by atoms with Crippen molar-refractivity contribution in [3.8, 4) is 22.8 Å². The van der Waals surface area contributed by atoms with Crippen molar-refractivity contribution in [1.29, 1.82) is 0 Å². The summed E-state index contributed by atoms with van der Waals surface area (Å²) >= 11 is 0. The molecule has 0 aliphatic rings. The first-order valence-electron chi connectivity index (χ1n) is 11.9. The molecule has 0 fully saturated rings. The molecule has 5 rings (SSSR count). The van der Waals surface area contributed by atoms with E-state index < -0.39 is 5.97 Å². The molecular formula is C29H25N5O5. The Kier molecular flexibility index (Phi) is 6.83. The van der Waals surface area contributed by atoms with Crippen LogP contribution in [0, 0.1) is 6.92 Å². The van der Waals surface area contributed by atoms with Gasteiger partial charge in [-0.05, 0) is 55.0 Å². The summed E-state index contributed by atoms with van der Waals surface area (Å²) in [4.78, 5) is 33.5. The number of anilines is 3. The lowest BCUT2D eigenvalue weighted by Gasteiger charge is -2.13. The highest BCUT2D eigenvalue weighted by atomic mass is 16.5. The number of carbonyl (C=O) groups is 2. The van der Waals surface area contributed by atoms with E-state index in [0.717, 1.165) is 11.3 Å². The molecule has 0 aliphatic heterocycles. The number of ether oxygens (including phenoxy) is 2. The lowest BCUT2D eigenvalue weighted by molar-refractivity contribution is 0.0696. The smallest absolute Gasteiger partial charge is 0.335 e. The van der Waals surface area contributed by atoms with Gasteiger partial charge in [-0.1, -0.05) is 12.1 Å². The minimum absolute atomic E-state index is 0.158. The molecule has 0 aliphatic carbocycles. The number of nitrogens with one attached hydrogen (secondary N) is 2. The summed E-state index contributed by atoms with van der Waals surface area (Å²) in [5, 5.41) is 15.3. The van der Waals surface area contributed by atoms with E-state index in [9.17, 15) is 14.7 Å². The lowest BCUT2D eigenvalue weighted by atomic mass is 10.1. The van der Waals surface area contributed by atoms with Crippen molar-refractivity contribution in [2.24, 2.45) is 0 Å². The number of fused-ring (bicyclic) bond motifs is 1. The Morgan fingerprint density at radius 2 is 1.77 bits per heavy atom. The topological polar surface area (TPSA) is 127 Å². The van der Waals surface area contributed by atoms with Crippen LogP contribution in [0.5, 0.6) is 11.5 Å². The normalized spacial score (nSPS) is 10.7. The summed E-state index contributed by atoms with van der Waals surface area (Å²) in [6.07, 6.45) is 5.34. The van der Waals surface area contributed by atoms with E-state index in [0.29, 0.717) is 45.5 Å². The van der Waals surface area contributed by atoms with Gasteiger partial charge in [0.2, 0.25) is 0 Å². The summed E-state index contributed by atoms with van der Waals surface area (Å²) in [6, 6.07) is 17.1. The monoisotopic (exact) mass is 523 g/mol. The van der Waals surface area contributed by atoms with Crippen molar-refractivity contribution < 1.29 is 24.2 Å². The number of carboxylic acid groups (broad SMARTS) is 1. The number of nitrogens with zero attached hydrogens (tertiary/aromatic N) is 3. The summed E-state index contributed by atoms with van der Waals surface area (Å²) in [7, 11) is 3.15. The Morgan fingerprint density at radius 1 is 0.949 bits per heavy atom. The Hall–Kier alpha value is -5.38. The van der Waals surface area contributed by atoms with Crippen molar-refractivity contribution in [3.05, 3.63) is 95.9 Å². The summed E-state index contributed by atoms with van der Waals surface area (Å²) in [5.74, 6) is 0.360. The van der Waals surface area contributed by atoms with Gasteiger partial charge in [-0.25, -0.2) is 14.8 Å². The van der Waals surface area contributed by atoms with Crippen LogP contribution in [0.15, 0.2) is 79.3 Å². The maximum Gasteiger partial charge on any atom is 0.335 e. The Bertz CT molecular complexity index is 1710. The maximum absolute atomic E-state index is 13.1. The number of aromatic carboxylic acids is 1. The zero-order chi connectivity index (χ0) is 27.5. The molecule has 3 aromatic carbocycles. The van der Waals surface area contributed by atoms with Gasteiger partial charge in [-0.15, -0.1) is 0 Å². The number of aryl methyl sites for hydroxylation is 1. The Labute approximate surface area is 223 Å². The molecule has 10 heteroatoms. The Balaban J connectivity index is 1.45. The third kappa shape index (κ3) is 5.21. The number of benzene rings is 3. The third-order valence-electron chi connectivity index (χ3n) is 6.16. The fourth-order valence-electron chi connectivity index (χ4n) is 4.16. The molecule has 10 nitrogen and oxygen atoms in total. The van der Waals surface area contributed by atoms with Gasteiger partial charge in [0.1, 0.15) is 0 Å². The van der Waals surface area contributed by atoms with Crippen molar-refractivity contribution in [3.63, 3.8) is 0 Å². The van der Waals surface area contributed by atoms with Crippen LogP contribution in [-0.4, -0.2) is 45.6 Å². The first-order chi connectivity index (χ1) is 18.9. The average molecular weight is 524 g/mol. The minimum Gasteiger partial charge on any atom is -0.493 e. The standard InChI is InChI=1S/C29H25N5O5/c1-17-13-20(29(36)37)7-9-22(17)33-28(35)19-6-4-5-18(14-19)23-16-34-12-11-30-27(34)26(32-23)31-21-8-10-24(38-2)25(15-21)39-3/h4-16H,1-3H3,(H,31,32)(H,33,35)(H,36,37). The number of imidazole rings is 1. The van der Waals surface area contributed by atoms with Gasteiger partial charge >= 0.3 is 5.97 Å². The maximum atomic E-state index is 13.1. The van der Waals surface area contributed by atoms with Crippen LogP contribution in [0.4, 0.5) is 17.2 Å². The number of methoxy groups -OCH3 is 2. The van der Waals surface area contributed by atoms with Crippen molar-refractivity contribution in [2.75, 3.05) is 24.9 Å². The van der Waals surface area contributed by atoms with Crippen molar-refractivity contribution in [1.82, 2.24) is 14.4 Å². The van der Waals surface area contributed by atoms with Gasteiger partial charge in [-0.2, -0.15) is 0 Å². The van der Waals surface area contributed by atoms with E-state index in [4.69, 9.17) is 14.5 Å². The van der Waals surface area contributed by atoms with Crippen LogP contribution in [0.2, 0.25) is 0 Å². The molecule has 5 aromatic rings. The van der Waals surface area contributed by atoms with Gasteiger partial charge in [0, 0.05) is 47.2 Å². The molecular weight excluding hydrogens is 498 g/mol. The van der Waals surface area contributed by atoms with Crippen LogP contribution in [0.25, 0.3) is 16.9 Å². The highest BCUT2D eigenvalue weighted by Crippen LogP contribution is 2.32. The molecule has 0 spiro atoms. The van der Waals surface area contributed by atoms with E-state index in [2.05, 4.69) is 15.6 Å². The lowest BCUT2D eigenvalue weighted by Crippen LogP contribution is -2.13. The summed E-state index contributed by atoms with van der Waals surface area (Å²) < 4.78 is 12.6. The number of hydrogen-bond acceptors (Lipinski definition) is 7.